The summed E-state index contributed by atoms with van der Waals surface area (Å²) in [5.41, 5.74) is 5.88. The minimum Gasteiger partial charge on any atom is -0.396 e. The van der Waals surface area contributed by atoms with Crippen molar-refractivity contribution in [2.24, 2.45) is 17.1 Å². The van der Waals surface area contributed by atoms with Crippen LogP contribution >= 0.6 is 0 Å². The van der Waals surface area contributed by atoms with Gasteiger partial charge >= 0.3 is 0 Å². The molecule has 96 valence electrons. The normalized spacial score (nSPS) is 15.0. The maximum Gasteiger partial charge on any atom is 0.159 e. The Morgan fingerprint density at radius 2 is 1.94 bits per heavy atom. The van der Waals surface area contributed by atoms with E-state index in [0.717, 1.165) is 12.1 Å². The molecule has 17 heavy (non-hydrogen) atoms. The molecule has 1 rings (SSSR count). The van der Waals surface area contributed by atoms with E-state index in [9.17, 15) is 13.9 Å². The first-order valence-electron chi connectivity index (χ1n) is 5.70. The molecule has 0 aromatic heterocycles. The van der Waals surface area contributed by atoms with Gasteiger partial charge in [0, 0.05) is 12.0 Å². The number of nitrogens with two attached hydrogens (primary N) is 1. The number of benzene rings is 1. The topological polar surface area (TPSA) is 46.2 Å². The molecule has 0 aliphatic rings. The first kappa shape index (κ1) is 14.1. The SMILES string of the molecule is CC(C)C(CN)(CO)Cc1ccc(F)c(F)c1. The Bertz CT molecular complexity index is 376. The highest BCUT2D eigenvalue weighted by Gasteiger charge is 2.32. The summed E-state index contributed by atoms with van der Waals surface area (Å²) in [5.74, 6) is -1.57. The molecule has 0 amide bonds. The van der Waals surface area contributed by atoms with Crippen LogP contribution in [0.5, 0.6) is 0 Å². The maximum absolute atomic E-state index is 13.1. The highest BCUT2D eigenvalue weighted by molar-refractivity contribution is 5.19. The van der Waals surface area contributed by atoms with Gasteiger partial charge in [0.25, 0.3) is 0 Å². The van der Waals surface area contributed by atoms with Crippen molar-refractivity contribution in [2.45, 2.75) is 20.3 Å². The van der Waals surface area contributed by atoms with E-state index >= 15 is 0 Å². The van der Waals surface area contributed by atoms with Gasteiger partial charge in [-0.05, 0) is 30.0 Å². The lowest BCUT2D eigenvalue weighted by Crippen LogP contribution is -2.41. The quantitative estimate of drug-likeness (QED) is 0.832. The third-order valence-electron chi connectivity index (χ3n) is 3.49. The van der Waals surface area contributed by atoms with E-state index in [1.54, 1.807) is 0 Å². The second-order valence-corrected chi connectivity index (χ2v) is 4.80. The average Bonchev–Trinajstić information content (AvgIpc) is 2.30. The zero-order valence-electron chi connectivity index (χ0n) is 10.2. The van der Waals surface area contributed by atoms with Crippen molar-refractivity contribution < 1.29 is 13.9 Å². The summed E-state index contributed by atoms with van der Waals surface area (Å²) in [7, 11) is 0. The van der Waals surface area contributed by atoms with Crippen molar-refractivity contribution in [3.8, 4) is 0 Å². The van der Waals surface area contributed by atoms with Gasteiger partial charge in [-0.1, -0.05) is 19.9 Å². The fourth-order valence-electron chi connectivity index (χ4n) is 1.87. The fraction of sp³-hybridized carbons (Fsp3) is 0.538. The molecule has 4 heteroatoms. The van der Waals surface area contributed by atoms with E-state index in [1.807, 2.05) is 13.8 Å². The Morgan fingerprint density at radius 3 is 2.35 bits per heavy atom. The molecule has 1 aromatic rings. The van der Waals surface area contributed by atoms with Crippen LogP contribution in [0.15, 0.2) is 18.2 Å². The second kappa shape index (κ2) is 5.56. The lowest BCUT2D eigenvalue weighted by molar-refractivity contribution is 0.0842. The molecule has 3 N–H and O–H groups in total. The first-order valence-corrected chi connectivity index (χ1v) is 5.70. The predicted octanol–water partition coefficient (Wildman–Crippen LogP) is 2.10. The molecule has 0 fully saturated rings. The molecule has 0 saturated carbocycles. The zero-order chi connectivity index (χ0) is 13.1. The number of aliphatic hydroxyl groups excluding tert-OH is 1. The van der Waals surface area contributed by atoms with E-state index in [2.05, 4.69) is 0 Å². The molecular weight excluding hydrogens is 224 g/mol. The smallest absolute Gasteiger partial charge is 0.159 e. The molecule has 0 spiro atoms. The Labute approximate surface area is 100 Å². The summed E-state index contributed by atoms with van der Waals surface area (Å²) in [6.45, 7) is 4.16. The van der Waals surface area contributed by atoms with E-state index in [0.29, 0.717) is 18.5 Å². The van der Waals surface area contributed by atoms with Crippen LogP contribution in [-0.2, 0) is 6.42 Å². The van der Waals surface area contributed by atoms with Gasteiger partial charge in [-0.2, -0.15) is 0 Å². The lowest BCUT2D eigenvalue weighted by Gasteiger charge is -2.34. The van der Waals surface area contributed by atoms with Crippen molar-refractivity contribution in [1.82, 2.24) is 0 Å². The lowest BCUT2D eigenvalue weighted by atomic mass is 9.73. The number of rotatable bonds is 5. The third kappa shape index (κ3) is 3.01. The van der Waals surface area contributed by atoms with Gasteiger partial charge in [-0.3, -0.25) is 0 Å². The Hall–Kier alpha value is -1.00. The van der Waals surface area contributed by atoms with E-state index in [-0.39, 0.29) is 12.5 Å². The third-order valence-corrected chi connectivity index (χ3v) is 3.49. The highest BCUT2D eigenvalue weighted by atomic mass is 19.2. The summed E-state index contributed by atoms with van der Waals surface area (Å²) in [5, 5.41) is 9.48. The molecule has 0 aliphatic carbocycles. The van der Waals surface area contributed by atoms with Crippen LogP contribution in [0.3, 0.4) is 0 Å². The minimum atomic E-state index is -0.866. The Morgan fingerprint density at radius 1 is 1.29 bits per heavy atom. The molecule has 0 aliphatic heterocycles. The summed E-state index contributed by atoms with van der Waals surface area (Å²) in [6.07, 6.45) is 0.439. The second-order valence-electron chi connectivity index (χ2n) is 4.80. The molecule has 2 nitrogen and oxygen atoms in total. The first-order chi connectivity index (χ1) is 7.95. The average molecular weight is 243 g/mol. The van der Waals surface area contributed by atoms with Gasteiger partial charge in [0.05, 0.1) is 6.61 Å². The highest BCUT2D eigenvalue weighted by Crippen LogP contribution is 2.30. The molecular formula is C13H19F2NO. The van der Waals surface area contributed by atoms with Crippen molar-refractivity contribution in [3.05, 3.63) is 35.4 Å². The number of hydrogen-bond acceptors (Lipinski definition) is 2. The van der Waals surface area contributed by atoms with Crippen molar-refractivity contribution in [3.63, 3.8) is 0 Å². The Balaban J connectivity index is 2.97. The zero-order valence-corrected chi connectivity index (χ0v) is 10.2. The van der Waals surface area contributed by atoms with E-state index < -0.39 is 17.0 Å². The van der Waals surface area contributed by atoms with Crippen LogP contribution in [0.4, 0.5) is 8.78 Å². The van der Waals surface area contributed by atoms with Crippen LogP contribution in [0.25, 0.3) is 0 Å². The summed E-state index contributed by atoms with van der Waals surface area (Å²) < 4.78 is 25.9. The maximum atomic E-state index is 13.1. The van der Waals surface area contributed by atoms with E-state index in [4.69, 9.17) is 5.73 Å². The molecule has 0 saturated heterocycles. The van der Waals surface area contributed by atoms with Crippen LogP contribution in [0.1, 0.15) is 19.4 Å². The van der Waals surface area contributed by atoms with Gasteiger partial charge in [-0.25, -0.2) is 8.78 Å². The predicted molar refractivity (Wildman–Crippen MR) is 63.5 cm³/mol. The van der Waals surface area contributed by atoms with E-state index in [1.165, 1.54) is 6.07 Å². The van der Waals surface area contributed by atoms with Gasteiger partial charge < -0.3 is 10.8 Å². The summed E-state index contributed by atoms with van der Waals surface area (Å²) in [4.78, 5) is 0. The fourth-order valence-corrected chi connectivity index (χ4v) is 1.87. The molecule has 1 unspecified atom stereocenters. The largest absolute Gasteiger partial charge is 0.396 e. The van der Waals surface area contributed by atoms with Crippen LogP contribution in [0, 0.1) is 23.0 Å². The van der Waals surface area contributed by atoms with Crippen molar-refractivity contribution >= 4 is 0 Å². The van der Waals surface area contributed by atoms with Gasteiger partial charge in [-0.15, -0.1) is 0 Å². The molecule has 1 aromatic carbocycles. The van der Waals surface area contributed by atoms with Gasteiger partial charge in [0.2, 0.25) is 0 Å². The van der Waals surface area contributed by atoms with Crippen molar-refractivity contribution in [1.29, 1.82) is 0 Å². The number of aliphatic hydroxyl groups is 1. The van der Waals surface area contributed by atoms with Crippen molar-refractivity contribution in [2.75, 3.05) is 13.2 Å². The monoisotopic (exact) mass is 243 g/mol. The van der Waals surface area contributed by atoms with Crippen LogP contribution in [0.2, 0.25) is 0 Å². The summed E-state index contributed by atoms with van der Waals surface area (Å²) in [6, 6.07) is 3.79. The molecule has 1 atom stereocenters. The van der Waals surface area contributed by atoms with Crippen LogP contribution < -0.4 is 5.73 Å². The number of hydrogen-bond donors (Lipinski definition) is 2. The molecule has 0 bridgehead atoms. The minimum absolute atomic E-state index is 0.0693. The molecule has 0 heterocycles. The Kier molecular flexibility index (Phi) is 4.60. The summed E-state index contributed by atoms with van der Waals surface area (Å²) >= 11 is 0. The standard InChI is InChI=1S/C13H19F2NO/c1-9(2)13(7-16,8-17)6-10-3-4-11(14)12(15)5-10/h3-5,9,17H,6-8,16H2,1-2H3. The van der Waals surface area contributed by atoms with Crippen LogP contribution in [-0.4, -0.2) is 18.3 Å². The van der Waals surface area contributed by atoms with Gasteiger partial charge in [0.1, 0.15) is 0 Å². The molecule has 0 radical (unpaired) electrons. The van der Waals surface area contributed by atoms with Gasteiger partial charge in [0.15, 0.2) is 11.6 Å². The number of halogens is 2.